The molecule has 0 unspecified atom stereocenters. The minimum Gasteiger partial charge on any atom is -0.326 e. The predicted molar refractivity (Wildman–Crippen MR) is 78.6 cm³/mol. The van der Waals surface area contributed by atoms with Crippen LogP contribution in [0, 0.1) is 5.92 Å². The fourth-order valence-electron chi connectivity index (χ4n) is 3.08. The normalized spacial score (nSPS) is 19.6. The highest BCUT2D eigenvalue weighted by molar-refractivity contribution is 5.96. The molecular formula is C16H20N2O2. The van der Waals surface area contributed by atoms with Crippen molar-refractivity contribution in [2.75, 3.05) is 16.8 Å². The first kappa shape index (κ1) is 13.2. The van der Waals surface area contributed by atoms with E-state index in [1.165, 1.54) is 0 Å². The van der Waals surface area contributed by atoms with Crippen LogP contribution in [0.1, 0.15) is 38.5 Å². The van der Waals surface area contributed by atoms with Crippen LogP contribution in [-0.4, -0.2) is 18.4 Å². The number of rotatable bonds is 3. The van der Waals surface area contributed by atoms with Gasteiger partial charge in [0.2, 0.25) is 11.8 Å². The Morgan fingerprint density at radius 2 is 1.80 bits per heavy atom. The van der Waals surface area contributed by atoms with Crippen LogP contribution in [0.5, 0.6) is 0 Å². The number of nitrogens with one attached hydrogen (secondary N) is 1. The lowest BCUT2D eigenvalue weighted by molar-refractivity contribution is -0.119. The standard InChI is InChI=1S/C16H20N2O2/c19-15-6-3-11-18(15)14-9-7-13(8-10-14)17-16(20)12-4-1-2-5-12/h7-10,12H,1-6,11H2,(H,17,20). The van der Waals surface area contributed by atoms with Gasteiger partial charge in [0, 0.05) is 30.3 Å². The largest absolute Gasteiger partial charge is 0.326 e. The zero-order chi connectivity index (χ0) is 13.9. The maximum atomic E-state index is 12.0. The molecule has 106 valence electrons. The second kappa shape index (κ2) is 5.65. The van der Waals surface area contributed by atoms with Gasteiger partial charge in [0.1, 0.15) is 0 Å². The molecule has 4 heteroatoms. The van der Waals surface area contributed by atoms with E-state index in [-0.39, 0.29) is 17.7 Å². The Labute approximate surface area is 119 Å². The second-order valence-electron chi connectivity index (χ2n) is 5.67. The van der Waals surface area contributed by atoms with Gasteiger partial charge in [-0.1, -0.05) is 12.8 Å². The van der Waals surface area contributed by atoms with Gasteiger partial charge < -0.3 is 10.2 Å². The highest BCUT2D eigenvalue weighted by atomic mass is 16.2. The summed E-state index contributed by atoms with van der Waals surface area (Å²) in [6, 6.07) is 7.59. The molecule has 3 rings (SSSR count). The Morgan fingerprint density at radius 1 is 1.10 bits per heavy atom. The van der Waals surface area contributed by atoms with Crippen molar-refractivity contribution in [2.45, 2.75) is 38.5 Å². The van der Waals surface area contributed by atoms with Crippen LogP contribution in [0.4, 0.5) is 11.4 Å². The summed E-state index contributed by atoms with van der Waals surface area (Å²) in [6.45, 7) is 0.798. The lowest BCUT2D eigenvalue weighted by Gasteiger charge is -2.16. The quantitative estimate of drug-likeness (QED) is 0.919. The van der Waals surface area contributed by atoms with Gasteiger partial charge in [-0.05, 0) is 43.5 Å². The number of hydrogen-bond acceptors (Lipinski definition) is 2. The van der Waals surface area contributed by atoms with E-state index in [0.29, 0.717) is 6.42 Å². The van der Waals surface area contributed by atoms with E-state index < -0.39 is 0 Å². The highest BCUT2D eigenvalue weighted by Crippen LogP contribution is 2.27. The number of nitrogens with zero attached hydrogens (tertiary/aromatic N) is 1. The van der Waals surface area contributed by atoms with E-state index in [0.717, 1.165) is 50.0 Å². The first-order chi connectivity index (χ1) is 9.74. The summed E-state index contributed by atoms with van der Waals surface area (Å²) in [5.41, 5.74) is 1.74. The fraction of sp³-hybridized carbons (Fsp3) is 0.500. The zero-order valence-electron chi connectivity index (χ0n) is 11.6. The average Bonchev–Trinajstić information content (AvgIpc) is 3.11. The summed E-state index contributed by atoms with van der Waals surface area (Å²) in [4.78, 5) is 25.5. The Balaban J connectivity index is 1.63. The van der Waals surface area contributed by atoms with Crippen molar-refractivity contribution >= 4 is 23.2 Å². The third-order valence-corrected chi connectivity index (χ3v) is 4.25. The average molecular weight is 272 g/mol. The van der Waals surface area contributed by atoms with Crippen molar-refractivity contribution in [1.82, 2.24) is 0 Å². The first-order valence-electron chi connectivity index (χ1n) is 7.45. The molecule has 1 aromatic carbocycles. The molecule has 1 aromatic rings. The van der Waals surface area contributed by atoms with Gasteiger partial charge in [0.05, 0.1) is 0 Å². The number of carbonyl (C=O) groups is 2. The summed E-state index contributed by atoms with van der Waals surface area (Å²) in [5, 5.41) is 2.97. The predicted octanol–water partition coefficient (Wildman–Crippen LogP) is 2.94. The third kappa shape index (κ3) is 2.69. The summed E-state index contributed by atoms with van der Waals surface area (Å²) >= 11 is 0. The zero-order valence-corrected chi connectivity index (χ0v) is 11.6. The maximum Gasteiger partial charge on any atom is 0.227 e. The van der Waals surface area contributed by atoms with Crippen molar-refractivity contribution in [3.8, 4) is 0 Å². The molecule has 0 atom stereocenters. The molecule has 0 bridgehead atoms. The topological polar surface area (TPSA) is 49.4 Å². The summed E-state index contributed by atoms with van der Waals surface area (Å²) in [5.74, 6) is 0.495. The van der Waals surface area contributed by atoms with E-state index >= 15 is 0 Å². The van der Waals surface area contributed by atoms with Crippen LogP contribution >= 0.6 is 0 Å². The molecule has 20 heavy (non-hydrogen) atoms. The second-order valence-corrected chi connectivity index (χ2v) is 5.67. The highest BCUT2D eigenvalue weighted by Gasteiger charge is 2.23. The molecule has 1 N–H and O–H groups in total. The summed E-state index contributed by atoms with van der Waals surface area (Å²) < 4.78 is 0. The van der Waals surface area contributed by atoms with Gasteiger partial charge in [-0.25, -0.2) is 0 Å². The van der Waals surface area contributed by atoms with Gasteiger partial charge in [-0.3, -0.25) is 9.59 Å². The monoisotopic (exact) mass is 272 g/mol. The van der Waals surface area contributed by atoms with Crippen molar-refractivity contribution in [3.63, 3.8) is 0 Å². The van der Waals surface area contributed by atoms with Crippen LogP contribution in [0.25, 0.3) is 0 Å². The van der Waals surface area contributed by atoms with E-state index in [1.807, 2.05) is 29.2 Å². The molecule has 1 saturated carbocycles. The van der Waals surface area contributed by atoms with Crippen molar-refractivity contribution < 1.29 is 9.59 Å². The molecule has 1 heterocycles. The molecule has 1 aliphatic carbocycles. The molecule has 2 fully saturated rings. The Hall–Kier alpha value is -1.84. The molecule has 2 amide bonds. The lowest BCUT2D eigenvalue weighted by Crippen LogP contribution is -2.23. The minimum absolute atomic E-state index is 0.132. The Bertz CT molecular complexity index is 504. The van der Waals surface area contributed by atoms with Crippen LogP contribution < -0.4 is 10.2 Å². The molecule has 2 aliphatic rings. The Kier molecular flexibility index (Phi) is 3.72. The van der Waals surface area contributed by atoms with Crippen molar-refractivity contribution in [1.29, 1.82) is 0 Å². The van der Waals surface area contributed by atoms with Crippen molar-refractivity contribution in [2.24, 2.45) is 5.92 Å². The fourth-order valence-corrected chi connectivity index (χ4v) is 3.08. The van der Waals surface area contributed by atoms with E-state index in [4.69, 9.17) is 0 Å². The summed E-state index contributed by atoms with van der Waals surface area (Å²) in [7, 11) is 0. The van der Waals surface area contributed by atoms with Gasteiger partial charge in [-0.15, -0.1) is 0 Å². The van der Waals surface area contributed by atoms with Gasteiger partial charge >= 0.3 is 0 Å². The first-order valence-corrected chi connectivity index (χ1v) is 7.45. The number of anilines is 2. The molecule has 0 radical (unpaired) electrons. The Morgan fingerprint density at radius 3 is 2.40 bits per heavy atom. The molecular weight excluding hydrogens is 252 g/mol. The number of benzene rings is 1. The lowest BCUT2D eigenvalue weighted by atomic mass is 10.1. The SMILES string of the molecule is O=C(Nc1ccc(N2CCCC2=O)cc1)C1CCCC1. The van der Waals surface area contributed by atoms with Crippen molar-refractivity contribution in [3.05, 3.63) is 24.3 Å². The molecule has 1 aliphatic heterocycles. The van der Waals surface area contributed by atoms with Crippen LogP contribution in [-0.2, 0) is 9.59 Å². The molecule has 1 saturated heterocycles. The number of hydrogen-bond donors (Lipinski definition) is 1. The van der Waals surface area contributed by atoms with Crippen LogP contribution in [0.3, 0.4) is 0 Å². The molecule has 0 spiro atoms. The number of carbonyl (C=O) groups excluding carboxylic acids is 2. The third-order valence-electron chi connectivity index (χ3n) is 4.25. The smallest absolute Gasteiger partial charge is 0.227 e. The summed E-state index contributed by atoms with van der Waals surface area (Å²) in [6.07, 6.45) is 5.90. The molecule has 4 nitrogen and oxygen atoms in total. The molecule has 0 aromatic heterocycles. The van der Waals surface area contributed by atoms with Crippen LogP contribution in [0.15, 0.2) is 24.3 Å². The number of amides is 2. The van der Waals surface area contributed by atoms with E-state index in [2.05, 4.69) is 5.32 Å². The van der Waals surface area contributed by atoms with E-state index in [9.17, 15) is 9.59 Å². The van der Waals surface area contributed by atoms with Crippen LogP contribution in [0.2, 0.25) is 0 Å². The van der Waals surface area contributed by atoms with Gasteiger partial charge in [0.25, 0.3) is 0 Å². The van der Waals surface area contributed by atoms with Gasteiger partial charge in [0.15, 0.2) is 0 Å². The van der Waals surface area contributed by atoms with Gasteiger partial charge in [-0.2, -0.15) is 0 Å². The minimum atomic E-state index is 0.132. The maximum absolute atomic E-state index is 12.0. The van der Waals surface area contributed by atoms with E-state index in [1.54, 1.807) is 0 Å².